The largest absolute Gasteiger partial charge is 0.484 e. The fourth-order valence-corrected chi connectivity index (χ4v) is 2.54. The molecule has 8 heteroatoms. The summed E-state index contributed by atoms with van der Waals surface area (Å²) in [5.74, 6) is -1.32. The summed E-state index contributed by atoms with van der Waals surface area (Å²) in [6, 6.07) is 4.26. The molecule has 0 aliphatic carbocycles. The molecule has 1 aliphatic heterocycles. The average molecular weight is 327 g/mol. The number of rotatable bonds is 3. The third-order valence-corrected chi connectivity index (χ3v) is 3.59. The summed E-state index contributed by atoms with van der Waals surface area (Å²) >= 11 is 0. The van der Waals surface area contributed by atoms with Crippen molar-refractivity contribution in [2.75, 3.05) is 6.61 Å². The van der Waals surface area contributed by atoms with Crippen LogP contribution in [-0.2, 0) is 9.59 Å². The van der Waals surface area contributed by atoms with Crippen molar-refractivity contribution in [3.05, 3.63) is 30.0 Å². The molecule has 1 aliphatic rings. The van der Waals surface area contributed by atoms with Crippen molar-refractivity contribution >= 4 is 22.8 Å². The van der Waals surface area contributed by atoms with Crippen LogP contribution < -0.4 is 10.1 Å². The second kappa shape index (κ2) is 5.60. The number of piperidine rings is 1. The third kappa shape index (κ3) is 3.30. The molecular formula is C15H12F3NO4. The lowest BCUT2D eigenvalue weighted by Gasteiger charge is -2.20. The van der Waals surface area contributed by atoms with Gasteiger partial charge in [-0.15, -0.1) is 0 Å². The topological polar surface area (TPSA) is 68.5 Å². The zero-order valence-corrected chi connectivity index (χ0v) is 11.8. The van der Waals surface area contributed by atoms with E-state index in [1.165, 1.54) is 24.5 Å². The Balaban J connectivity index is 1.89. The lowest BCUT2D eigenvalue weighted by atomic mass is 9.90. The van der Waals surface area contributed by atoms with E-state index in [2.05, 4.69) is 5.32 Å². The summed E-state index contributed by atoms with van der Waals surface area (Å²) in [7, 11) is 0. The number of hydrogen-bond donors (Lipinski definition) is 1. The number of amides is 2. The molecule has 1 fully saturated rings. The minimum atomic E-state index is -4.43. The van der Waals surface area contributed by atoms with Crippen LogP contribution in [0.5, 0.6) is 5.75 Å². The first kappa shape index (κ1) is 15.4. The van der Waals surface area contributed by atoms with Crippen molar-refractivity contribution in [3.63, 3.8) is 0 Å². The van der Waals surface area contributed by atoms with Gasteiger partial charge < -0.3 is 9.15 Å². The van der Waals surface area contributed by atoms with Crippen LogP contribution in [0.2, 0.25) is 0 Å². The average Bonchev–Trinajstić information content (AvgIpc) is 2.87. The molecule has 1 N–H and O–H groups in total. The number of carbonyl (C=O) groups is 2. The maximum absolute atomic E-state index is 12.2. The van der Waals surface area contributed by atoms with Gasteiger partial charge in [-0.3, -0.25) is 14.9 Å². The molecule has 1 aromatic heterocycles. The van der Waals surface area contributed by atoms with Gasteiger partial charge in [0.05, 0.1) is 12.2 Å². The van der Waals surface area contributed by atoms with E-state index in [1.807, 2.05) is 0 Å². The molecule has 1 saturated heterocycles. The Morgan fingerprint density at radius 2 is 2.09 bits per heavy atom. The van der Waals surface area contributed by atoms with Crippen LogP contribution in [0.1, 0.15) is 24.3 Å². The lowest BCUT2D eigenvalue weighted by Crippen LogP contribution is -2.39. The lowest BCUT2D eigenvalue weighted by molar-refractivity contribution is -0.153. The van der Waals surface area contributed by atoms with Gasteiger partial charge in [0.2, 0.25) is 11.8 Å². The van der Waals surface area contributed by atoms with Crippen molar-refractivity contribution < 1.29 is 31.9 Å². The number of furan rings is 1. The molecule has 1 aromatic carbocycles. The number of benzene rings is 1. The Morgan fingerprint density at radius 3 is 2.78 bits per heavy atom. The molecule has 0 radical (unpaired) electrons. The summed E-state index contributed by atoms with van der Waals surface area (Å²) in [6.45, 7) is -1.40. The van der Waals surface area contributed by atoms with Crippen molar-refractivity contribution in [3.8, 4) is 5.75 Å². The maximum atomic E-state index is 12.2. The second-order valence-corrected chi connectivity index (χ2v) is 5.26. The SMILES string of the molecule is O=C1CCC(c2coc3ccc(OCC(F)(F)F)cc23)C(=O)N1. The summed E-state index contributed by atoms with van der Waals surface area (Å²) in [5.41, 5.74) is 0.964. The van der Waals surface area contributed by atoms with Gasteiger partial charge >= 0.3 is 6.18 Å². The van der Waals surface area contributed by atoms with E-state index < -0.39 is 24.6 Å². The smallest absolute Gasteiger partial charge is 0.422 e. The van der Waals surface area contributed by atoms with Crippen LogP contribution in [-0.4, -0.2) is 24.6 Å². The normalized spacial score (nSPS) is 19.0. The van der Waals surface area contributed by atoms with E-state index in [0.29, 0.717) is 23.0 Å². The van der Waals surface area contributed by atoms with Crippen LogP contribution >= 0.6 is 0 Å². The van der Waals surface area contributed by atoms with E-state index in [9.17, 15) is 22.8 Å². The van der Waals surface area contributed by atoms with E-state index in [4.69, 9.17) is 9.15 Å². The number of nitrogens with one attached hydrogen (secondary N) is 1. The molecule has 5 nitrogen and oxygen atoms in total. The molecule has 122 valence electrons. The molecule has 1 unspecified atom stereocenters. The van der Waals surface area contributed by atoms with E-state index >= 15 is 0 Å². The Morgan fingerprint density at radius 1 is 1.30 bits per heavy atom. The number of ether oxygens (including phenoxy) is 1. The van der Waals surface area contributed by atoms with E-state index in [-0.39, 0.29) is 18.1 Å². The molecule has 0 saturated carbocycles. The van der Waals surface area contributed by atoms with Gasteiger partial charge in [0.15, 0.2) is 6.61 Å². The first-order valence-corrected chi connectivity index (χ1v) is 6.88. The first-order chi connectivity index (χ1) is 10.8. The van der Waals surface area contributed by atoms with Crippen LogP contribution in [0.25, 0.3) is 11.0 Å². The van der Waals surface area contributed by atoms with E-state index in [1.54, 1.807) is 0 Å². The number of hydrogen-bond acceptors (Lipinski definition) is 4. The van der Waals surface area contributed by atoms with Crippen molar-refractivity contribution in [1.29, 1.82) is 0 Å². The zero-order chi connectivity index (χ0) is 16.6. The summed E-state index contributed by atoms with van der Waals surface area (Å²) in [6.07, 6.45) is -2.52. The van der Waals surface area contributed by atoms with Gasteiger partial charge in [0.1, 0.15) is 11.3 Å². The number of imide groups is 1. The Kier molecular flexibility index (Phi) is 3.75. The van der Waals surface area contributed by atoms with Crippen molar-refractivity contribution in [1.82, 2.24) is 5.32 Å². The Labute approximate surface area is 128 Å². The van der Waals surface area contributed by atoms with Gasteiger partial charge in [0.25, 0.3) is 0 Å². The van der Waals surface area contributed by atoms with Gasteiger partial charge in [-0.25, -0.2) is 0 Å². The van der Waals surface area contributed by atoms with E-state index in [0.717, 1.165) is 0 Å². The predicted octanol–water partition coefficient (Wildman–Crippen LogP) is 2.89. The molecule has 2 heterocycles. The standard InChI is InChI=1S/C15H12F3NO4/c16-15(17,18)7-23-8-1-3-12-10(5-8)11(6-22-12)9-2-4-13(20)19-14(9)21/h1,3,5-6,9H,2,4,7H2,(H,19,20,21). The molecule has 3 rings (SSSR count). The second-order valence-electron chi connectivity index (χ2n) is 5.26. The van der Waals surface area contributed by atoms with Crippen LogP contribution in [0, 0.1) is 0 Å². The van der Waals surface area contributed by atoms with Crippen molar-refractivity contribution in [2.24, 2.45) is 0 Å². The third-order valence-electron chi connectivity index (χ3n) is 3.59. The highest BCUT2D eigenvalue weighted by Crippen LogP contribution is 2.34. The van der Waals surface area contributed by atoms with Gasteiger partial charge in [-0.05, 0) is 24.6 Å². The Bertz CT molecular complexity index is 766. The highest BCUT2D eigenvalue weighted by molar-refractivity contribution is 6.02. The number of alkyl halides is 3. The van der Waals surface area contributed by atoms with Gasteiger partial charge in [-0.2, -0.15) is 13.2 Å². The predicted molar refractivity (Wildman–Crippen MR) is 72.9 cm³/mol. The molecule has 1 atom stereocenters. The van der Waals surface area contributed by atoms with Crippen LogP contribution in [0.15, 0.2) is 28.9 Å². The number of halogens is 3. The van der Waals surface area contributed by atoms with Gasteiger partial charge in [0, 0.05) is 17.4 Å². The fourth-order valence-electron chi connectivity index (χ4n) is 2.54. The first-order valence-electron chi connectivity index (χ1n) is 6.88. The van der Waals surface area contributed by atoms with Crippen LogP contribution in [0.4, 0.5) is 13.2 Å². The molecule has 0 spiro atoms. The van der Waals surface area contributed by atoms with Crippen molar-refractivity contribution in [2.45, 2.75) is 24.9 Å². The maximum Gasteiger partial charge on any atom is 0.422 e. The Hall–Kier alpha value is -2.51. The van der Waals surface area contributed by atoms with Gasteiger partial charge in [-0.1, -0.05) is 0 Å². The summed E-state index contributed by atoms with van der Waals surface area (Å²) in [5, 5.41) is 2.74. The molecule has 0 bridgehead atoms. The summed E-state index contributed by atoms with van der Waals surface area (Å²) in [4.78, 5) is 23.1. The molecular weight excluding hydrogens is 315 g/mol. The number of carbonyl (C=O) groups excluding carboxylic acids is 2. The fraction of sp³-hybridized carbons (Fsp3) is 0.333. The minimum absolute atomic E-state index is 0.0322. The molecule has 23 heavy (non-hydrogen) atoms. The highest BCUT2D eigenvalue weighted by atomic mass is 19.4. The number of fused-ring (bicyclic) bond motifs is 1. The summed E-state index contributed by atoms with van der Waals surface area (Å²) < 4.78 is 46.7. The zero-order valence-electron chi connectivity index (χ0n) is 11.8. The molecule has 2 aromatic rings. The monoisotopic (exact) mass is 327 g/mol. The minimum Gasteiger partial charge on any atom is -0.484 e. The highest BCUT2D eigenvalue weighted by Gasteiger charge is 2.31. The molecule has 2 amide bonds. The quantitative estimate of drug-likeness (QED) is 0.880. The van der Waals surface area contributed by atoms with Crippen LogP contribution in [0.3, 0.4) is 0 Å².